The van der Waals surface area contributed by atoms with E-state index in [9.17, 15) is 14.0 Å². The highest BCUT2D eigenvalue weighted by Crippen LogP contribution is 2.21. The van der Waals surface area contributed by atoms with Crippen LogP contribution in [0.5, 0.6) is 0 Å². The molecule has 0 bridgehead atoms. The minimum absolute atomic E-state index is 0.0395. The smallest absolute Gasteiger partial charge is 0.315 e. The van der Waals surface area contributed by atoms with E-state index in [1.165, 1.54) is 23.9 Å². The summed E-state index contributed by atoms with van der Waals surface area (Å²) < 4.78 is 13.4. The maximum atomic E-state index is 13.4. The van der Waals surface area contributed by atoms with Crippen LogP contribution >= 0.6 is 35.0 Å². The van der Waals surface area contributed by atoms with E-state index in [0.29, 0.717) is 12.1 Å². The molecule has 1 aromatic carbocycles. The fraction of sp³-hybridized carbons (Fsp3) is 0.429. The van der Waals surface area contributed by atoms with Gasteiger partial charge in [-0.15, -0.1) is 23.4 Å². The number of halogens is 3. The van der Waals surface area contributed by atoms with Crippen LogP contribution in [-0.2, 0) is 4.79 Å². The van der Waals surface area contributed by atoms with Crippen molar-refractivity contribution >= 4 is 46.9 Å². The summed E-state index contributed by atoms with van der Waals surface area (Å²) in [6.07, 6.45) is 0. The first-order chi connectivity index (χ1) is 10.9. The minimum atomic E-state index is -0.526. The monoisotopic (exact) mass is 379 g/mol. The summed E-state index contributed by atoms with van der Waals surface area (Å²) in [7, 11) is 0. The highest BCUT2D eigenvalue weighted by atomic mass is 35.5. The molecule has 1 aliphatic rings. The van der Waals surface area contributed by atoms with Gasteiger partial charge in [-0.3, -0.25) is 4.79 Å². The van der Waals surface area contributed by atoms with Crippen molar-refractivity contribution in [2.24, 2.45) is 0 Å². The van der Waals surface area contributed by atoms with Crippen LogP contribution in [0.1, 0.15) is 18.5 Å². The maximum Gasteiger partial charge on any atom is 0.315 e. The molecular formula is C14H16Cl2FN3O2S. The molecule has 23 heavy (non-hydrogen) atoms. The number of rotatable bonds is 5. The molecule has 2 unspecified atom stereocenters. The first-order valence-electron chi connectivity index (χ1n) is 6.91. The van der Waals surface area contributed by atoms with Gasteiger partial charge >= 0.3 is 6.03 Å². The van der Waals surface area contributed by atoms with Gasteiger partial charge in [0.15, 0.2) is 0 Å². The molecule has 1 heterocycles. The predicted molar refractivity (Wildman–Crippen MR) is 90.4 cm³/mol. The zero-order chi connectivity index (χ0) is 17.0. The van der Waals surface area contributed by atoms with Crippen molar-refractivity contribution in [2.45, 2.75) is 23.7 Å². The number of hydrogen-bond acceptors (Lipinski definition) is 3. The highest BCUT2D eigenvalue weighted by molar-refractivity contribution is 8.00. The Labute approximate surface area is 147 Å². The van der Waals surface area contributed by atoms with Gasteiger partial charge in [-0.25, -0.2) is 9.18 Å². The lowest BCUT2D eigenvalue weighted by atomic mass is 10.1. The Morgan fingerprint density at radius 2 is 2.30 bits per heavy atom. The molecule has 1 aromatic rings. The fourth-order valence-corrected chi connectivity index (χ4v) is 3.41. The second-order valence-corrected chi connectivity index (χ2v) is 7.16. The number of hydrogen-bond donors (Lipinski definition) is 3. The second kappa shape index (κ2) is 8.08. The van der Waals surface area contributed by atoms with Gasteiger partial charge in [0, 0.05) is 6.54 Å². The molecule has 126 valence electrons. The molecule has 1 fully saturated rings. The molecule has 0 aromatic heterocycles. The lowest BCUT2D eigenvalue weighted by Gasteiger charge is -2.28. The zero-order valence-electron chi connectivity index (χ0n) is 12.2. The summed E-state index contributed by atoms with van der Waals surface area (Å²) in [5, 5.41) is 7.40. The van der Waals surface area contributed by atoms with Crippen molar-refractivity contribution in [1.82, 2.24) is 16.0 Å². The molecule has 5 nitrogen and oxygen atoms in total. The molecule has 9 heteroatoms. The van der Waals surface area contributed by atoms with Crippen LogP contribution in [0.25, 0.3) is 0 Å². The second-order valence-electron chi connectivity index (χ2n) is 5.06. The van der Waals surface area contributed by atoms with Crippen LogP contribution in [0, 0.1) is 5.82 Å². The Bertz CT molecular complexity index is 605. The average molecular weight is 380 g/mol. The molecule has 0 aliphatic carbocycles. The molecule has 0 saturated carbocycles. The molecular weight excluding hydrogens is 364 g/mol. The van der Waals surface area contributed by atoms with Crippen molar-refractivity contribution in [3.8, 4) is 0 Å². The number of amides is 3. The minimum Gasteiger partial charge on any atom is -0.349 e. The SMILES string of the molecule is C[C@@H](NC(=O)CSC1NC(=O)NCC1Cl)c1ccc(Cl)c(F)c1. The summed E-state index contributed by atoms with van der Waals surface area (Å²) >= 11 is 13.0. The van der Waals surface area contributed by atoms with Crippen molar-refractivity contribution in [2.75, 3.05) is 12.3 Å². The Kier molecular flexibility index (Phi) is 6.38. The fourth-order valence-electron chi connectivity index (χ4n) is 2.03. The Morgan fingerprint density at radius 1 is 1.57 bits per heavy atom. The van der Waals surface area contributed by atoms with Crippen LogP contribution in [0.3, 0.4) is 0 Å². The van der Waals surface area contributed by atoms with E-state index >= 15 is 0 Å². The number of urea groups is 1. The van der Waals surface area contributed by atoms with Crippen LogP contribution in [0.4, 0.5) is 9.18 Å². The standard InChI is InChI=1S/C14H16Cl2FN3O2S/c1-7(8-2-3-9(15)11(17)4-8)19-12(21)6-23-13-10(16)5-18-14(22)20-13/h2-4,7,10,13H,5-6H2,1H3,(H,19,21)(H2,18,20,22)/t7-,10?,13?/m1/s1. The van der Waals surface area contributed by atoms with Crippen molar-refractivity contribution in [1.29, 1.82) is 0 Å². The highest BCUT2D eigenvalue weighted by Gasteiger charge is 2.27. The number of nitrogens with one attached hydrogen (secondary N) is 3. The third-order valence-electron chi connectivity index (χ3n) is 3.27. The van der Waals surface area contributed by atoms with Gasteiger partial charge in [-0.05, 0) is 24.6 Å². The van der Waals surface area contributed by atoms with Gasteiger partial charge in [-0.1, -0.05) is 17.7 Å². The third kappa shape index (κ3) is 5.16. The first-order valence-corrected chi connectivity index (χ1v) is 8.77. The number of carbonyl (C=O) groups is 2. The van der Waals surface area contributed by atoms with E-state index in [-0.39, 0.29) is 39.5 Å². The molecule has 3 atom stereocenters. The van der Waals surface area contributed by atoms with Gasteiger partial charge in [0.05, 0.1) is 27.6 Å². The summed E-state index contributed by atoms with van der Waals surface area (Å²) in [6.45, 7) is 2.11. The molecule has 1 aliphatic heterocycles. The predicted octanol–water partition coefficient (Wildman–Crippen LogP) is 2.64. The van der Waals surface area contributed by atoms with Crippen LogP contribution < -0.4 is 16.0 Å². The van der Waals surface area contributed by atoms with Crippen LogP contribution in [0.15, 0.2) is 18.2 Å². The normalized spacial score (nSPS) is 22.0. The Hall–Kier alpha value is -1.18. The molecule has 3 N–H and O–H groups in total. The Morgan fingerprint density at radius 3 is 3.00 bits per heavy atom. The van der Waals surface area contributed by atoms with Crippen molar-refractivity contribution < 1.29 is 14.0 Å². The summed E-state index contributed by atoms with van der Waals surface area (Å²) in [5.41, 5.74) is 0.621. The molecule has 1 saturated heterocycles. The quantitative estimate of drug-likeness (QED) is 0.688. The maximum absolute atomic E-state index is 13.4. The number of alkyl halides is 1. The largest absolute Gasteiger partial charge is 0.349 e. The molecule has 0 radical (unpaired) electrons. The topological polar surface area (TPSA) is 70.2 Å². The van der Waals surface area contributed by atoms with Gasteiger partial charge < -0.3 is 16.0 Å². The van der Waals surface area contributed by atoms with Crippen molar-refractivity contribution in [3.05, 3.63) is 34.6 Å². The average Bonchev–Trinajstić information content (AvgIpc) is 2.50. The zero-order valence-corrected chi connectivity index (χ0v) is 14.6. The van der Waals surface area contributed by atoms with E-state index in [0.717, 1.165) is 0 Å². The van der Waals surface area contributed by atoms with Gasteiger partial charge in [0.1, 0.15) is 5.82 Å². The number of thioether (sulfide) groups is 1. The lowest BCUT2D eigenvalue weighted by molar-refractivity contribution is -0.119. The summed E-state index contributed by atoms with van der Waals surface area (Å²) in [5.74, 6) is -0.620. The van der Waals surface area contributed by atoms with Gasteiger partial charge in [0.2, 0.25) is 5.91 Å². The third-order valence-corrected chi connectivity index (χ3v) is 5.37. The van der Waals surface area contributed by atoms with E-state index in [2.05, 4.69) is 16.0 Å². The summed E-state index contributed by atoms with van der Waals surface area (Å²) in [6, 6.07) is 3.74. The number of benzene rings is 1. The van der Waals surface area contributed by atoms with Crippen LogP contribution in [0.2, 0.25) is 5.02 Å². The Balaban J connectivity index is 1.84. The molecule has 2 rings (SSSR count). The van der Waals surface area contributed by atoms with Crippen molar-refractivity contribution in [3.63, 3.8) is 0 Å². The first kappa shape index (κ1) is 18.2. The summed E-state index contributed by atoms with van der Waals surface area (Å²) in [4.78, 5) is 23.2. The van der Waals surface area contributed by atoms with Crippen LogP contribution in [-0.4, -0.2) is 35.0 Å². The molecule has 0 spiro atoms. The van der Waals surface area contributed by atoms with Gasteiger partial charge in [0.25, 0.3) is 0 Å². The van der Waals surface area contributed by atoms with E-state index < -0.39 is 5.82 Å². The lowest BCUT2D eigenvalue weighted by Crippen LogP contribution is -2.54. The van der Waals surface area contributed by atoms with Gasteiger partial charge in [-0.2, -0.15) is 0 Å². The van der Waals surface area contributed by atoms with E-state index in [4.69, 9.17) is 23.2 Å². The van der Waals surface area contributed by atoms with E-state index in [1.807, 2.05) is 0 Å². The van der Waals surface area contributed by atoms with E-state index in [1.54, 1.807) is 13.0 Å². The number of carbonyl (C=O) groups excluding carboxylic acids is 2. The molecule has 3 amide bonds.